The number of guanidine groups is 1. The van der Waals surface area contributed by atoms with Gasteiger partial charge in [0.15, 0.2) is 0 Å². The number of halogens is 2. The smallest absolute Gasteiger partial charge is 0.245 e. The molecule has 1 aliphatic carbocycles. The van der Waals surface area contributed by atoms with Crippen LogP contribution in [0.1, 0.15) is 25.3 Å². The molecule has 0 radical (unpaired) electrons. The van der Waals surface area contributed by atoms with Crippen LogP contribution in [0.5, 0.6) is 0 Å². The molecule has 2 aliphatic rings. The highest BCUT2D eigenvalue weighted by atomic mass is 79.9. The zero-order chi connectivity index (χ0) is 15.6. The first-order chi connectivity index (χ1) is 9.66. The van der Waals surface area contributed by atoms with Gasteiger partial charge in [-0.25, -0.2) is 22.1 Å². The first kappa shape index (κ1) is 14.8. The second kappa shape index (κ2) is 4.19. The standard InChI is InChI=1S/C13H15BrFN3O2S/c1-12(9-7-8(14)3-4-10(9)15)13(5-6-13)21(19,20)18(2)11(16)17-12/h3-4,7H,5-6H2,1-2H3,(H2,16,17)/t12-/m1/s1. The fourth-order valence-electron chi connectivity index (χ4n) is 3.07. The van der Waals surface area contributed by atoms with Gasteiger partial charge in [0.2, 0.25) is 16.0 Å². The monoisotopic (exact) mass is 375 g/mol. The lowest BCUT2D eigenvalue weighted by molar-refractivity contribution is 0.381. The first-order valence-corrected chi connectivity index (χ1v) is 8.68. The molecular formula is C13H15BrFN3O2S. The molecule has 1 heterocycles. The summed E-state index contributed by atoms with van der Waals surface area (Å²) in [6, 6.07) is 4.45. The molecule has 114 valence electrons. The zero-order valence-electron chi connectivity index (χ0n) is 11.6. The molecule has 1 aromatic carbocycles. The Balaban J connectivity index is 2.32. The SMILES string of the molecule is CN1C(N)=N[C@](C)(c2cc(Br)ccc2F)C2(CC2)S1(=O)=O. The van der Waals surface area contributed by atoms with Crippen molar-refractivity contribution in [2.45, 2.75) is 30.1 Å². The molecule has 1 spiro atoms. The molecule has 0 amide bonds. The summed E-state index contributed by atoms with van der Waals surface area (Å²) < 4.78 is 40.3. The summed E-state index contributed by atoms with van der Waals surface area (Å²) in [5, 5.41) is 0. The molecule has 1 aromatic rings. The second-order valence-electron chi connectivity index (χ2n) is 5.63. The molecule has 8 heteroatoms. The minimum atomic E-state index is -3.67. The lowest BCUT2D eigenvalue weighted by Crippen LogP contribution is -2.58. The summed E-state index contributed by atoms with van der Waals surface area (Å²) in [4.78, 5) is 4.36. The Kier molecular flexibility index (Phi) is 2.95. The Hall–Kier alpha value is -1.15. The van der Waals surface area contributed by atoms with Gasteiger partial charge in [-0.05, 0) is 38.0 Å². The van der Waals surface area contributed by atoms with Crippen molar-refractivity contribution < 1.29 is 12.8 Å². The average Bonchev–Trinajstić information content (AvgIpc) is 3.21. The van der Waals surface area contributed by atoms with Crippen LogP contribution in [0.3, 0.4) is 0 Å². The average molecular weight is 376 g/mol. The highest BCUT2D eigenvalue weighted by Crippen LogP contribution is 2.60. The van der Waals surface area contributed by atoms with Crippen LogP contribution >= 0.6 is 15.9 Å². The van der Waals surface area contributed by atoms with E-state index in [1.54, 1.807) is 19.1 Å². The van der Waals surface area contributed by atoms with Crippen LogP contribution in [0.25, 0.3) is 0 Å². The molecule has 2 N–H and O–H groups in total. The van der Waals surface area contributed by atoms with Gasteiger partial charge in [0, 0.05) is 17.1 Å². The minimum absolute atomic E-state index is 0.116. The molecule has 3 rings (SSSR count). The van der Waals surface area contributed by atoms with Gasteiger partial charge >= 0.3 is 0 Å². The van der Waals surface area contributed by atoms with Crippen molar-refractivity contribution in [1.82, 2.24) is 4.31 Å². The lowest BCUT2D eigenvalue weighted by Gasteiger charge is -2.42. The fraction of sp³-hybridized carbons (Fsp3) is 0.462. The number of hydrogen-bond acceptors (Lipinski definition) is 4. The second-order valence-corrected chi connectivity index (χ2v) is 8.83. The van der Waals surface area contributed by atoms with Gasteiger partial charge in [0.1, 0.15) is 16.1 Å². The number of aliphatic imine (C=N–C) groups is 1. The van der Waals surface area contributed by atoms with Crippen molar-refractivity contribution in [2.24, 2.45) is 10.7 Å². The van der Waals surface area contributed by atoms with Crippen LogP contribution in [-0.4, -0.2) is 30.5 Å². The van der Waals surface area contributed by atoms with E-state index in [-0.39, 0.29) is 11.5 Å². The predicted molar refractivity (Wildman–Crippen MR) is 81.7 cm³/mol. The quantitative estimate of drug-likeness (QED) is 0.814. The van der Waals surface area contributed by atoms with E-state index < -0.39 is 26.1 Å². The highest BCUT2D eigenvalue weighted by Gasteiger charge is 2.70. The summed E-state index contributed by atoms with van der Waals surface area (Å²) in [6.07, 6.45) is 0.887. The topological polar surface area (TPSA) is 75.8 Å². The minimum Gasteiger partial charge on any atom is -0.369 e. The number of hydrogen-bond donors (Lipinski definition) is 1. The molecule has 0 saturated heterocycles. The maximum Gasteiger partial charge on any atom is 0.245 e. The van der Waals surface area contributed by atoms with E-state index in [1.807, 2.05) is 0 Å². The number of nitrogens with two attached hydrogens (primary N) is 1. The van der Waals surface area contributed by atoms with E-state index in [0.717, 1.165) is 4.31 Å². The maximum absolute atomic E-state index is 14.3. The van der Waals surface area contributed by atoms with E-state index in [1.165, 1.54) is 13.1 Å². The largest absolute Gasteiger partial charge is 0.369 e. The van der Waals surface area contributed by atoms with Crippen molar-refractivity contribution in [1.29, 1.82) is 0 Å². The Morgan fingerprint density at radius 2 is 2.05 bits per heavy atom. The number of benzene rings is 1. The maximum atomic E-state index is 14.3. The van der Waals surface area contributed by atoms with Crippen LogP contribution in [-0.2, 0) is 15.6 Å². The number of nitrogens with zero attached hydrogens (tertiary/aromatic N) is 2. The lowest BCUT2D eigenvalue weighted by atomic mass is 9.86. The van der Waals surface area contributed by atoms with Gasteiger partial charge in [-0.3, -0.25) is 0 Å². The molecule has 0 aromatic heterocycles. The Morgan fingerprint density at radius 3 is 2.62 bits per heavy atom. The molecule has 0 unspecified atom stereocenters. The first-order valence-electron chi connectivity index (χ1n) is 6.45. The summed E-state index contributed by atoms with van der Waals surface area (Å²) >= 11 is 3.29. The van der Waals surface area contributed by atoms with E-state index in [2.05, 4.69) is 20.9 Å². The zero-order valence-corrected chi connectivity index (χ0v) is 14.0. The predicted octanol–water partition coefficient (Wildman–Crippen LogP) is 1.93. The summed E-state index contributed by atoms with van der Waals surface area (Å²) in [6.45, 7) is 1.64. The molecule has 5 nitrogen and oxygen atoms in total. The van der Waals surface area contributed by atoms with Gasteiger partial charge in [0.25, 0.3) is 0 Å². The molecule has 1 aliphatic heterocycles. The number of rotatable bonds is 1. The Labute approximate surface area is 131 Å². The van der Waals surface area contributed by atoms with Gasteiger partial charge in [-0.15, -0.1) is 0 Å². The third-order valence-electron chi connectivity index (χ3n) is 4.56. The summed E-state index contributed by atoms with van der Waals surface area (Å²) in [5.41, 5.74) is 4.78. The third-order valence-corrected chi connectivity index (χ3v) is 7.75. The van der Waals surface area contributed by atoms with Crippen molar-refractivity contribution in [3.05, 3.63) is 34.1 Å². The Bertz CT molecular complexity index is 761. The molecule has 1 saturated carbocycles. The van der Waals surface area contributed by atoms with Crippen LogP contribution < -0.4 is 5.73 Å². The van der Waals surface area contributed by atoms with Gasteiger partial charge < -0.3 is 5.73 Å². The molecule has 1 fully saturated rings. The van der Waals surface area contributed by atoms with Crippen molar-refractivity contribution in [2.75, 3.05) is 7.05 Å². The van der Waals surface area contributed by atoms with E-state index in [4.69, 9.17) is 5.73 Å². The molecule has 0 bridgehead atoms. The summed E-state index contributed by atoms with van der Waals surface area (Å²) in [5.74, 6) is -0.599. The van der Waals surface area contributed by atoms with E-state index in [0.29, 0.717) is 17.3 Å². The van der Waals surface area contributed by atoms with E-state index in [9.17, 15) is 12.8 Å². The Morgan fingerprint density at radius 1 is 1.43 bits per heavy atom. The summed E-state index contributed by atoms with van der Waals surface area (Å²) in [7, 11) is -2.29. The van der Waals surface area contributed by atoms with Gasteiger partial charge in [-0.2, -0.15) is 0 Å². The molecular weight excluding hydrogens is 361 g/mol. The highest BCUT2D eigenvalue weighted by molar-refractivity contribution is 9.10. The number of sulfonamides is 1. The third kappa shape index (κ3) is 1.72. The molecule has 21 heavy (non-hydrogen) atoms. The fourth-order valence-corrected chi connectivity index (χ4v) is 5.52. The molecule has 1 atom stereocenters. The van der Waals surface area contributed by atoms with Crippen molar-refractivity contribution in [3.8, 4) is 0 Å². The van der Waals surface area contributed by atoms with Crippen LogP contribution in [0.2, 0.25) is 0 Å². The van der Waals surface area contributed by atoms with Crippen molar-refractivity contribution in [3.63, 3.8) is 0 Å². The van der Waals surface area contributed by atoms with E-state index >= 15 is 0 Å². The normalized spacial score (nSPS) is 29.3. The van der Waals surface area contributed by atoms with Crippen LogP contribution in [0, 0.1) is 5.82 Å². The van der Waals surface area contributed by atoms with Crippen LogP contribution in [0.15, 0.2) is 27.7 Å². The van der Waals surface area contributed by atoms with Gasteiger partial charge in [0.05, 0.1) is 0 Å². The van der Waals surface area contributed by atoms with Crippen LogP contribution in [0.4, 0.5) is 4.39 Å². The van der Waals surface area contributed by atoms with Gasteiger partial charge in [-0.1, -0.05) is 15.9 Å². The van der Waals surface area contributed by atoms with Crippen molar-refractivity contribution >= 4 is 31.9 Å².